The topological polar surface area (TPSA) is 52.6 Å². The zero-order valence-corrected chi connectivity index (χ0v) is 18.9. The van der Waals surface area contributed by atoms with E-state index < -0.39 is 0 Å². The highest BCUT2D eigenvalue weighted by Crippen LogP contribution is 2.36. The van der Waals surface area contributed by atoms with E-state index in [0.717, 1.165) is 0 Å². The van der Waals surface area contributed by atoms with Crippen LogP contribution in [0.1, 0.15) is 62.3 Å². The van der Waals surface area contributed by atoms with Gasteiger partial charge in [-0.1, -0.05) is 64.1 Å². The lowest BCUT2D eigenvalue weighted by molar-refractivity contribution is -0.0483. The van der Waals surface area contributed by atoms with Gasteiger partial charge in [-0.15, -0.1) is 0 Å². The summed E-state index contributed by atoms with van der Waals surface area (Å²) in [7, 11) is 0. The highest BCUT2D eigenvalue weighted by Gasteiger charge is 2.38. The summed E-state index contributed by atoms with van der Waals surface area (Å²) >= 11 is 0. The Morgan fingerprint density at radius 2 is 0.867 bits per heavy atom. The standard InChI is InChI=1S/C26H34O4/c1-17(2)23(19(5)29-25(27)21-13-9-7-10-14-21)24(18(3)4)20(6)30-26(28)22-15-11-8-12-16-22/h7-20,23-24H,1-6H3. The van der Waals surface area contributed by atoms with Crippen LogP contribution in [0.3, 0.4) is 0 Å². The van der Waals surface area contributed by atoms with Crippen LogP contribution < -0.4 is 0 Å². The number of hydrogen-bond donors (Lipinski definition) is 0. The van der Waals surface area contributed by atoms with Crippen LogP contribution in [0, 0.1) is 23.7 Å². The molecule has 4 unspecified atom stereocenters. The predicted octanol–water partition coefficient (Wildman–Crippen LogP) is 6.02. The molecule has 0 saturated heterocycles. The summed E-state index contributed by atoms with van der Waals surface area (Å²) in [4.78, 5) is 25.2. The van der Waals surface area contributed by atoms with Crippen molar-refractivity contribution in [3.63, 3.8) is 0 Å². The maximum Gasteiger partial charge on any atom is 0.338 e. The number of esters is 2. The Hall–Kier alpha value is -2.62. The Bertz CT molecular complexity index is 729. The van der Waals surface area contributed by atoms with Crippen LogP contribution in [-0.4, -0.2) is 24.1 Å². The Labute approximate surface area is 180 Å². The van der Waals surface area contributed by atoms with Crippen LogP contribution >= 0.6 is 0 Å². The van der Waals surface area contributed by atoms with Crippen molar-refractivity contribution in [3.8, 4) is 0 Å². The highest BCUT2D eigenvalue weighted by atomic mass is 16.5. The Morgan fingerprint density at radius 3 is 1.13 bits per heavy atom. The molecule has 0 radical (unpaired) electrons. The van der Waals surface area contributed by atoms with Crippen LogP contribution in [0.25, 0.3) is 0 Å². The molecule has 0 spiro atoms. The van der Waals surface area contributed by atoms with Gasteiger partial charge in [-0.25, -0.2) is 9.59 Å². The van der Waals surface area contributed by atoms with E-state index in [0.29, 0.717) is 11.1 Å². The van der Waals surface area contributed by atoms with Crippen molar-refractivity contribution in [1.82, 2.24) is 0 Å². The minimum atomic E-state index is -0.329. The van der Waals surface area contributed by atoms with Crippen molar-refractivity contribution in [2.45, 2.75) is 53.8 Å². The molecule has 4 nitrogen and oxygen atoms in total. The molecular formula is C26H34O4. The van der Waals surface area contributed by atoms with E-state index in [4.69, 9.17) is 9.47 Å². The summed E-state index contributed by atoms with van der Waals surface area (Å²) < 4.78 is 11.7. The number of carbonyl (C=O) groups is 2. The summed E-state index contributed by atoms with van der Waals surface area (Å²) in [6.45, 7) is 12.4. The summed E-state index contributed by atoms with van der Waals surface area (Å²) in [5.74, 6) is -0.0921. The fraction of sp³-hybridized carbons (Fsp3) is 0.462. The van der Waals surface area contributed by atoms with E-state index in [-0.39, 0.29) is 47.8 Å². The number of benzene rings is 2. The summed E-state index contributed by atoms with van der Waals surface area (Å²) in [6, 6.07) is 18.0. The average molecular weight is 411 g/mol. The molecule has 0 aliphatic carbocycles. The van der Waals surface area contributed by atoms with Crippen LogP contribution in [0.2, 0.25) is 0 Å². The average Bonchev–Trinajstić information content (AvgIpc) is 2.72. The quantitative estimate of drug-likeness (QED) is 0.474. The summed E-state index contributed by atoms with van der Waals surface area (Å²) in [6.07, 6.45) is -0.633. The maximum atomic E-state index is 12.6. The molecular weight excluding hydrogens is 376 g/mol. The van der Waals surface area contributed by atoms with E-state index >= 15 is 0 Å². The SMILES string of the molecule is CC(C)C(C(C)OC(=O)c1ccccc1)C(C(C)C)C(C)OC(=O)c1ccccc1. The van der Waals surface area contributed by atoms with Gasteiger partial charge in [0.1, 0.15) is 12.2 Å². The molecule has 0 amide bonds. The van der Waals surface area contributed by atoms with Gasteiger partial charge in [-0.2, -0.15) is 0 Å². The Morgan fingerprint density at radius 1 is 0.567 bits per heavy atom. The number of ether oxygens (including phenoxy) is 2. The van der Waals surface area contributed by atoms with E-state index in [1.54, 1.807) is 24.3 Å². The van der Waals surface area contributed by atoms with Gasteiger partial charge < -0.3 is 9.47 Å². The Balaban J connectivity index is 2.17. The van der Waals surface area contributed by atoms with E-state index in [9.17, 15) is 9.59 Å². The molecule has 162 valence electrons. The third-order valence-corrected chi connectivity index (χ3v) is 5.67. The van der Waals surface area contributed by atoms with Crippen LogP contribution in [0.15, 0.2) is 60.7 Å². The van der Waals surface area contributed by atoms with Crippen LogP contribution in [0.5, 0.6) is 0 Å². The van der Waals surface area contributed by atoms with Crippen molar-refractivity contribution >= 4 is 11.9 Å². The van der Waals surface area contributed by atoms with Crippen molar-refractivity contribution in [2.75, 3.05) is 0 Å². The first-order valence-corrected chi connectivity index (χ1v) is 10.7. The van der Waals surface area contributed by atoms with Gasteiger partial charge >= 0.3 is 11.9 Å². The molecule has 30 heavy (non-hydrogen) atoms. The molecule has 4 atom stereocenters. The summed E-state index contributed by atoms with van der Waals surface area (Å²) in [5.41, 5.74) is 1.08. The molecule has 2 rings (SSSR count). The van der Waals surface area contributed by atoms with Crippen molar-refractivity contribution in [3.05, 3.63) is 71.8 Å². The molecule has 0 heterocycles. The van der Waals surface area contributed by atoms with Gasteiger partial charge in [0.2, 0.25) is 0 Å². The molecule has 0 aliphatic rings. The van der Waals surface area contributed by atoms with Crippen LogP contribution in [-0.2, 0) is 9.47 Å². The first kappa shape index (κ1) is 23.7. The molecule has 4 heteroatoms. The van der Waals surface area contributed by atoms with E-state index in [2.05, 4.69) is 27.7 Å². The zero-order chi connectivity index (χ0) is 22.3. The lowest BCUT2D eigenvalue weighted by Crippen LogP contribution is -2.42. The molecule has 0 aliphatic heterocycles. The van der Waals surface area contributed by atoms with E-state index in [1.807, 2.05) is 50.2 Å². The fourth-order valence-electron chi connectivity index (χ4n) is 4.38. The maximum absolute atomic E-state index is 12.6. The smallest absolute Gasteiger partial charge is 0.338 e. The Kier molecular flexibility index (Phi) is 8.64. The molecule has 0 saturated carbocycles. The predicted molar refractivity (Wildman–Crippen MR) is 119 cm³/mol. The first-order valence-electron chi connectivity index (χ1n) is 10.7. The summed E-state index contributed by atoms with van der Waals surface area (Å²) in [5, 5.41) is 0. The number of hydrogen-bond acceptors (Lipinski definition) is 4. The second-order valence-electron chi connectivity index (χ2n) is 8.60. The van der Waals surface area contributed by atoms with Crippen molar-refractivity contribution < 1.29 is 19.1 Å². The lowest BCUT2D eigenvalue weighted by atomic mass is 9.72. The highest BCUT2D eigenvalue weighted by molar-refractivity contribution is 5.89. The number of rotatable bonds is 9. The third kappa shape index (κ3) is 6.19. The van der Waals surface area contributed by atoms with Crippen molar-refractivity contribution in [1.29, 1.82) is 0 Å². The van der Waals surface area contributed by atoms with Crippen LogP contribution in [0.4, 0.5) is 0 Å². The third-order valence-electron chi connectivity index (χ3n) is 5.67. The van der Waals surface area contributed by atoms with Gasteiger partial charge in [-0.3, -0.25) is 0 Å². The lowest BCUT2D eigenvalue weighted by Gasteiger charge is -2.39. The normalized spacial score (nSPS) is 15.3. The zero-order valence-electron chi connectivity index (χ0n) is 18.9. The molecule has 0 aromatic heterocycles. The monoisotopic (exact) mass is 410 g/mol. The molecule has 0 N–H and O–H groups in total. The minimum absolute atomic E-state index is 0.0382. The minimum Gasteiger partial charge on any atom is -0.459 e. The van der Waals surface area contributed by atoms with E-state index in [1.165, 1.54) is 0 Å². The second-order valence-corrected chi connectivity index (χ2v) is 8.60. The molecule has 0 fully saturated rings. The van der Waals surface area contributed by atoms with Gasteiger partial charge in [0.05, 0.1) is 11.1 Å². The molecule has 0 bridgehead atoms. The molecule has 2 aromatic rings. The molecule has 2 aromatic carbocycles. The largest absolute Gasteiger partial charge is 0.459 e. The van der Waals surface area contributed by atoms with Gasteiger partial charge in [-0.05, 0) is 49.9 Å². The van der Waals surface area contributed by atoms with Gasteiger partial charge in [0.25, 0.3) is 0 Å². The first-order chi connectivity index (χ1) is 14.2. The second kappa shape index (κ2) is 11.0. The van der Waals surface area contributed by atoms with Gasteiger partial charge in [0, 0.05) is 11.8 Å². The van der Waals surface area contributed by atoms with Crippen molar-refractivity contribution in [2.24, 2.45) is 23.7 Å². The van der Waals surface area contributed by atoms with Gasteiger partial charge in [0.15, 0.2) is 0 Å². The number of carbonyl (C=O) groups excluding carboxylic acids is 2. The fourth-order valence-corrected chi connectivity index (χ4v) is 4.38.